The molecule has 5 heteroatoms. The fraction of sp³-hybridized carbons (Fsp3) is 0.727. The monoisotopic (exact) mass is 289 g/mol. The third kappa shape index (κ3) is 3.06. The Labute approximate surface area is 105 Å². The van der Waals surface area contributed by atoms with Gasteiger partial charge in [0.25, 0.3) is 0 Å². The van der Waals surface area contributed by atoms with Gasteiger partial charge >= 0.3 is 0 Å². The van der Waals surface area contributed by atoms with Crippen molar-refractivity contribution in [3.8, 4) is 0 Å². The first-order valence-corrected chi connectivity index (χ1v) is 6.47. The average Bonchev–Trinajstić information content (AvgIpc) is 2.58. The Morgan fingerprint density at radius 1 is 1.56 bits per heavy atom. The summed E-state index contributed by atoms with van der Waals surface area (Å²) in [6, 6.07) is 0. The molecule has 16 heavy (non-hydrogen) atoms. The molecule has 1 aromatic rings. The molecule has 1 heterocycles. The third-order valence-corrected chi connectivity index (χ3v) is 3.04. The van der Waals surface area contributed by atoms with Gasteiger partial charge in [0.05, 0.1) is 16.4 Å². The van der Waals surface area contributed by atoms with Crippen LogP contribution in [0.2, 0.25) is 0 Å². The van der Waals surface area contributed by atoms with Gasteiger partial charge in [-0.3, -0.25) is 4.68 Å². The van der Waals surface area contributed by atoms with Crippen molar-refractivity contribution < 1.29 is 5.11 Å². The number of rotatable bonds is 6. The second kappa shape index (κ2) is 5.80. The molecule has 0 fully saturated rings. The number of hydrogen-bond acceptors (Lipinski definition) is 3. The first kappa shape index (κ1) is 13.7. The molecule has 92 valence electrons. The van der Waals surface area contributed by atoms with Crippen LogP contribution in [0.5, 0.6) is 0 Å². The molecule has 0 aliphatic heterocycles. The highest BCUT2D eigenvalue weighted by molar-refractivity contribution is 9.10. The molecule has 1 atom stereocenters. The molecule has 0 bridgehead atoms. The van der Waals surface area contributed by atoms with Crippen molar-refractivity contribution >= 4 is 15.9 Å². The lowest BCUT2D eigenvalue weighted by atomic mass is 10.0. The topological polar surface area (TPSA) is 50.1 Å². The van der Waals surface area contributed by atoms with E-state index in [2.05, 4.69) is 33.3 Å². The van der Waals surface area contributed by atoms with Crippen LogP contribution in [0.1, 0.15) is 32.9 Å². The minimum absolute atomic E-state index is 0.525. The van der Waals surface area contributed by atoms with Gasteiger partial charge in [0.15, 0.2) is 0 Å². The zero-order valence-corrected chi connectivity index (χ0v) is 11.7. The number of aryl methyl sites for hydroxylation is 1. The predicted octanol–water partition coefficient (Wildman–Crippen LogP) is 1.87. The maximum atomic E-state index is 10.4. The number of nitrogens with one attached hydrogen (secondary N) is 1. The van der Waals surface area contributed by atoms with Crippen LogP contribution in [-0.2, 0) is 12.1 Å². The fourth-order valence-corrected chi connectivity index (χ4v) is 2.45. The van der Waals surface area contributed by atoms with Crippen LogP contribution in [0.3, 0.4) is 0 Å². The van der Waals surface area contributed by atoms with Crippen LogP contribution in [0.4, 0.5) is 0 Å². The zero-order chi connectivity index (χ0) is 12.2. The lowest BCUT2D eigenvalue weighted by molar-refractivity contribution is 0.0472. The molecule has 0 aliphatic rings. The first-order chi connectivity index (χ1) is 7.53. The van der Waals surface area contributed by atoms with Gasteiger partial charge in [-0.2, -0.15) is 5.10 Å². The van der Waals surface area contributed by atoms with E-state index in [1.54, 1.807) is 6.20 Å². The highest BCUT2D eigenvalue weighted by Crippen LogP contribution is 2.27. The lowest BCUT2D eigenvalue weighted by Crippen LogP contribution is -2.37. The predicted molar refractivity (Wildman–Crippen MR) is 68.3 cm³/mol. The molecule has 0 aliphatic carbocycles. The summed E-state index contributed by atoms with van der Waals surface area (Å²) in [5.41, 5.74) is -0.0594. The number of likely N-dealkylation sites (N-methyl/N-ethyl adjacent to an activating group) is 1. The Morgan fingerprint density at radius 2 is 2.25 bits per heavy atom. The quantitative estimate of drug-likeness (QED) is 0.841. The summed E-state index contributed by atoms with van der Waals surface area (Å²) in [5, 5.41) is 17.9. The van der Waals surface area contributed by atoms with Gasteiger partial charge in [0.1, 0.15) is 5.60 Å². The van der Waals surface area contributed by atoms with Gasteiger partial charge < -0.3 is 10.4 Å². The molecule has 2 N–H and O–H groups in total. The van der Waals surface area contributed by atoms with Crippen molar-refractivity contribution in [2.75, 3.05) is 13.1 Å². The van der Waals surface area contributed by atoms with Crippen LogP contribution in [0.15, 0.2) is 10.7 Å². The zero-order valence-electron chi connectivity index (χ0n) is 10.1. The second-order valence-electron chi connectivity index (χ2n) is 4.12. The Bertz CT molecular complexity index is 336. The first-order valence-electron chi connectivity index (χ1n) is 5.67. The van der Waals surface area contributed by atoms with E-state index < -0.39 is 5.60 Å². The summed E-state index contributed by atoms with van der Waals surface area (Å²) in [6.45, 7) is 8.12. The van der Waals surface area contributed by atoms with Crippen molar-refractivity contribution in [1.82, 2.24) is 15.1 Å². The molecule has 0 spiro atoms. The van der Waals surface area contributed by atoms with E-state index >= 15 is 0 Å². The van der Waals surface area contributed by atoms with E-state index in [9.17, 15) is 5.11 Å². The standard InChI is InChI=1S/C11H20BrN3O/c1-4-6-15-10(9(12)7-14-15)11(3,16)8-13-5-2/h7,13,16H,4-6,8H2,1-3H3. The minimum Gasteiger partial charge on any atom is -0.382 e. The summed E-state index contributed by atoms with van der Waals surface area (Å²) in [4.78, 5) is 0. The molecule has 1 rings (SSSR count). The van der Waals surface area contributed by atoms with E-state index in [1.165, 1.54) is 0 Å². The number of aliphatic hydroxyl groups is 1. The van der Waals surface area contributed by atoms with Crippen molar-refractivity contribution in [2.45, 2.75) is 39.3 Å². The summed E-state index contributed by atoms with van der Waals surface area (Å²) in [6.07, 6.45) is 2.74. The molecule has 1 aromatic heterocycles. The van der Waals surface area contributed by atoms with E-state index in [-0.39, 0.29) is 0 Å². The van der Waals surface area contributed by atoms with E-state index in [0.29, 0.717) is 6.54 Å². The van der Waals surface area contributed by atoms with Gasteiger partial charge in [-0.05, 0) is 35.8 Å². The van der Waals surface area contributed by atoms with E-state index in [4.69, 9.17) is 0 Å². The smallest absolute Gasteiger partial charge is 0.117 e. The number of halogens is 1. The normalized spacial score (nSPS) is 15.1. The van der Waals surface area contributed by atoms with Crippen molar-refractivity contribution in [3.05, 3.63) is 16.4 Å². The van der Waals surface area contributed by atoms with Crippen molar-refractivity contribution in [1.29, 1.82) is 0 Å². The Kier molecular flexibility index (Phi) is 4.95. The van der Waals surface area contributed by atoms with Crippen LogP contribution < -0.4 is 5.32 Å². The van der Waals surface area contributed by atoms with Gasteiger partial charge in [0, 0.05) is 13.1 Å². The molecular weight excluding hydrogens is 270 g/mol. The summed E-state index contributed by atoms with van der Waals surface area (Å²) in [7, 11) is 0. The van der Waals surface area contributed by atoms with Crippen LogP contribution in [-0.4, -0.2) is 28.0 Å². The summed E-state index contributed by atoms with van der Waals surface area (Å²) in [5.74, 6) is 0. The molecule has 0 saturated carbocycles. The highest BCUT2D eigenvalue weighted by atomic mass is 79.9. The molecular formula is C11H20BrN3O. The molecule has 0 amide bonds. The van der Waals surface area contributed by atoms with Gasteiger partial charge in [0.2, 0.25) is 0 Å². The molecule has 4 nitrogen and oxygen atoms in total. The SMILES string of the molecule is CCCn1ncc(Br)c1C(C)(O)CNCC. The molecule has 0 radical (unpaired) electrons. The Balaban J connectivity index is 2.95. The molecule has 0 saturated heterocycles. The van der Waals surface area contributed by atoms with E-state index in [1.807, 2.05) is 18.5 Å². The lowest BCUT2D eigenvalue weighted by Gasteiger charge is -2.25. The van der Waals surface area contributed by atoms with Crippen LogP contribution in [0.25, 0.3) is 0 Å². The number of nitrogens with zero attached hydrogens (tertiary/aromatic N) is 2. The maximum Gasteiger partial charge on any atom is 0.117 e. The number of hydrogen-bond donors (Lipinski definition) is 2. The third-order valence-electron chi connectivity index (χ3n) is 2.46. The second-order valence-corrected chi connectivity index (χ2v) is 4.97. The van der Waals surface area contributed by atoms with Crippen LogP contribution >= 0.6 is 15.9 Å². The van der Waals surface area contributed by atoms with Crippen LogP contribution in [0, 0.1) is 0 Å². The Morgan fingerprint density at radius 3 is 2.81 bits per heavy atom. The maximum absolute atomic E-state index is 10.4. The number of aromatic nitrogens is 2. The molecule has 0 aromatic carbocycles. The van der Waals surface area contributed by atoms with E-state index in [0.717, 1.165) is 29.7 Å². The van der Waals surface area contributed by atoms with Gasteiger partial charge in [-0.1, -0.05) is 13.8 Å². The molecule has 1 unspecified atom stereocenters. The average molecular weight is 290 g/mol. The van der Waals surface area contributed by atoms with Crippen molar-refractivity contribution in [3.63, 3.8) is 0 Å². The highest BCUT2D eigenvalue weighted by Gasteiger charge is 2.29. The summed E-state index contributed by atoms with van der Waals surface area (Å²) >= 11 is 3.44. The van der Waals surface area contributed by atoms with Crippen molar-refractivity contribution in [2.24, 2.45) is 0 Å². The minimum atomic E-state index is -0.902. The summed E-state index contributed by atoms with van der Waals surface area (Å²) < 4.78 is 2.73. The van der Waals surface area contributed by atoms with Gasteiger partial charge in [-0.15, -0.1) is 0 Å². The largest absolute Gasteiger partial charge is 0.382 e. The fourth-order valence-electron chi connectivity index (χ4n) is 1.73. The Hall–Kier alpha value is -0.390. The van der Waals surface area contributed by atoms with Gasteiger partial charge in [-0.25, -0.2) is 0 Å².